The predicted molar refractivity (Wildman–Crippen MR) is 88.9 cm³/mol. The number of benzene rings is 1. The van der Waals surface area contributed by atoms with Gasteiger partial charge in [-0.05, 0) is 24.6 Å². The van der Waals surface area contributed by atoms with Gasteiger partial charge in [-0.25, -0.2) is 0 Å². The monoisotopic (exact) mass is 343 g/mol. The van der Waals surface area contributed by atoms with Gasteiger partial charge in [-0.3, -0.25) is 9.59 Å². The van der Waals surface area contributed by atoms with Crippen molar-refractivity contribution in [1.29, 1.82) is 0 Å². The smallest absolute Gasteiger partial charge is 0.312 e. The highest BCUT2D eigenvalue weighted by Crippen LogP contribution is 2.53. The fraction of sp³-hybridized carbons (Fsp3) is 0.474. The second-order valence-corrected chi connectivity index (χ2v) is 6.84. The summed E-state index contributed by atoms with van der Waals surface area (Å²) in [5, 5.41) is 0. The Morgan fingerprint density at radius 2 is 2.04 bits per heavy atom. The molecule has 5 atom stereocenters. The molecule has 2 bridgehead atoms. The van der Waals surface area contributed by atoms with Crippen LogP contribution in [0.15, 0.2) is 36.4 Å². The highest BCUT2D eigenvalue weighted by atomic mass is 16.5. The topological polar surface area (TPSA) is 65.1 Å². The van der Waals surface area contributed by atoms with E-state index in [0.29, 0.717) is 6.54 Å². The van der Waals surface area contributed by atoms with E-state index >= 15 is 0 Å². The number of fused-ring (bicyclic) bond motifs is 1. The number of ether oxygens (including phenoxy) is 3. The molecule has 4 rings (SSSR count). The van der Waals surface area contributed by atoms with E-state index in [4.69, 9.17) is 14.2 Å². The molecule has 0 unspecified atom stereocenters. The van der Waals surface area contributed by atoms with E-state index in [1.54, 1.807) is 12.0 Å². The minimum absolute atomic E-state index is 0.0504. The summed E-state index contributed by atoms with van der Waals surface area (Å²) in [6.45, 7) is 2.44. The molecular weight excluding hydrogens is 322 g/mol. The summed E-state index contributed by atoms with van der Waals surface area (Å²) in [5.74, 6) is -0.722. The number of hydrogen-bond donors (Lipinski definition) is 0. The molecule has 1 aromatic rings. The number of rotatable bonds is 4. The number of hydrogen-bond acceptors (Lipinski definition) is 5. The molecule has 1 amide bonds. The molecule has 2 saturated heterocycles. The van der Waals surface area contributed by atoms with Crippen LogP contribution < -0.4 is 4.74 Å². The number of carbonyl (C=O) groups excluding carboxylic acids is 2. The van der Waals surface area contributed by atoms with Crippen LogP contribution >= 0.6 is 0 Å². The van der Waals surface area contributed by atoms with Crippen LogP contribution in [-0.4, -0.2) is 49.2 Å². The van der Waals surface area contributed by atoms with Gasteiger partial charge in [0.15, 0.2) is 0 Å². The maximum Gasteiger partial charge on any atom is 0.312 e. The van der Waals surface area contributed by atoms with Gasteiger partial charge >= 0.3 is 5.97 Å². The van der Waals surface area contributed by atoms with Crippen molar-refractivity contribution in [2.45, 2.75) is 24.7 Å². The van der Waals surface area contributed by atoms with Crippen LogP contribution in [0, 0.1) is 11.8 Å². The molecule has 1 aromatic carbocycles. The number of methoxy groups -OCH3 is 2. The Hall–Kier alpha value is -2.34. The zero-order chi connectivity index (χ0) is 17.8. The van der Waals surface area contributed by atoms with Crippen molar-refractivity contribution in [2.75, 3.05) is 20.8 Å². The molecule has 0 saturated carbocycles. The lowest BCUT2D eigenvalue weighted by atomic mass is 9.77. The summed E-state index contributed by atoms with van der Waals surface area (Å²) < 4.78 is 16.1. The lowest BCUT2D eigenvalue weighted by Crippen LogP contribution is -2.39. The van der Waals surface area contributed by atoms with Crippen molar-refractivity contribution < 1.29 is 23.8 Å². The van der Waals surface area contributed by atoms with Crippen LogP contribution in [0.2, 0.25) is 0 Å². The summed E-state index contributed by atoms with van der Waals surface area (Å²) in [7, 11) is 2.97. The first-order valence-electron chi connectivity index (χ1n) is 8.40. The van der Waals surface area contributed by atoms with Crippen LogP contribution in [0.25, 0.3) is 0 Å². The van der Waals surface area contributed by atoms with Crippen molar-refractivity contribution >= 4 is 11.9 Å². The predicted octanol–water partition coefficient (Wildman–Crippen LogP) is 1.71. The highest BCUT2D eigenvalue weighted by Gasteiger charge is 2.67. The van der Waals surface area contributed by atoms with Crippen LogP contribution in [-0.2, 0) is 19.1 Å². The first kappa shape index (κ1) is 16.1. The van der Waals surface area contributed by atoms with Crippen molar-refractivity contribution in [3.63, 3.8) is 0 Å². The first-order valence-corrected chi connectivity index (χ1v) is 8.40. The maximum absolute atomic E-state index is 13.1. The molecular formula is C19H21NO5. The molecule has 6 nitrogen and oxygen atoms in total. The van der Waals surface area contributed by atoms with Gasteiger partial charge < -0.3 is 19.1 Å². The van der Waals surface area contributed by atoms with E-state index in [0.717, 1.165) is 11.3 Å². The van der Waals surface area contributed by atoms with Gasteiger partial charge in [-0.1, -0.05) is 24.3 Å². The third-order valence-corrected chi connectivity index (χ3v) is 5.67. The number of amides is 1. The van der Waals surface area contributed by atoms with E-state index in [2.05, 4.69) is 0 Å². The minimum Gasteiger partial charge on any atom is -0.497 e. The standard InChI is InChI=1S/C19H21NO5/c1-11(12-4-6-13(23-2)7-5-12)20-10-19-9-8-14(25-19)15(18(22)24-3)16(19)17(20)21/h4-9,11,14-16H,10H2,1-3H3/t11-,14+,15-,16+,19-/m0/s1. The summed E-state index contributed by atoms with van der Waals surface area (Å²) in [6.07, 6.45) is 3.47. The number of esters is 1. The molecule has 25 heavy (non-hydrogen) atoms. The summed E-state index contributed by atoms with van der Waals surface area (Å²) in [5.41, 5.74) is 0.306. The van der Waals surface area contributed by atoms with Crippen LogP contribution in [0.3, 0.4) is 0 Å². The molecule has 2 fully saturated rings. The van der Waals surface area contributed by atoms with Gasteiger partial charge in [0.25, 0.3) is 0 Å². The summed E-state index contributed by atoms with van der Waals surface area (Å²) in [4.78, 5) is 27.1. The molecule has 3 aliphatic rings. The molecule has 6 heteroatoms. The molecule has 1 spiro atoms. The van der Waals surface area contributed by atoms with Crippen LogP contribution in [0.1, 0.15) is 18.5 Å². The van der Waals surface area contributed by atoms with Crippen molar-refractivity contribution in [2.24, 2.45) is 11.8 Å². The van der Waals surface area contributed by atoms with Gasteiger partial charge in [0, 0.05) is 0 Å². The van der Waals surface area contributed by atoms with Gasteiger partial charge in [0.05, 0.1) is 38.8 Å². The normalized spacial score (nSPS) is 33.5. The number of likely N-dealkylation sites (tertiary alicyclic amines) is 1. The Bertz CT molecular complexity index is 743. The third-order valence-electron chi connectivity index (χ3n) is 5.67. The zero-order valence-corrected chi connectivity index (χ0v) is 14.5. The van der Waals surface area contributed by atoms with Gasteiger partial charge in [0.1, 0.15) is 17.3 Å². The Labute approximate surface area is 146 Å². The average Bonchev–Trinajstić information content (AvgIpc) is 3.29. The SMILES string of the molecule is COC(=O)[C@H]1[C@H]2C=C[C@@]3(CN([C@@H](C)c4ccc(OC)cc4)C(=O)[C@@H]13)O2. The highest BCUT2D eigenvalue weighted by molar-refractivity contribution is 5.91. The first-order chi connectivity index (χ1) is 12.0. The van der Waals surface area contributed by atoms with Gasteiger partial charge in [0.2, 0.25) is 5.91 Å². The number of nitrogens with zero attached hydrogens (tertiary/aromatic N) is 1. The van der Waals surface area contributed by atoms with Gasteiger partial charge in [-0.2, -0.15) is 0 Å². The average molecular weight is 343 g/mol. The molecule has 0 radical (unpaired) electrons. The van der Waals surface area contributed by atoms with E-state index in [9.17, 15) is 9.59 Å². The quantitative estimate of drug-likeness (QED) is 0.615. The summed E-state index contributed by atoms with van der Waals surface area (Å²) in [6, 6.07) is 7.55. The zero-order valence-electron chi connectivity index (χ0n) is 14.5. The van der Waals surface area contributed by atoms with E-state index in [1.807, 2.05) is 43.3 Å². The fourth-order valence-electron chi connectivity index (χ4n) is 4.32. The van der Waals surface area contributed by atoms with Crippen molar-refractivity contribution in [1.82, 2.24) is 4.90 Å². The largest absolute Gasteiger partial charge is 0.497 e. The van der Waals surface area contributed by atoms with Gasteiger partial charge in [-0.15, -0.1) is 0 Å². The van der Waals surface area contributed by atoms with E-state index < -0.39 is 17.4 Å². The Morgan fingerprint density at radius 3 is 2.68 bits per heavy atom. The second-order valence-electron chi connectivity index (χ2n) is 6.84. The third kappa shape index (κ3) is 2.20. The lowest BCUT2D eigenvalue weighted by Gasteiger charge is -2.27. The Balaban J connectivity index is 1.62. The molecule has 132 valence electrons. The molecule has 0 N–H and O–H groups in total. The lowest BCUT2D eigenvalue weighted by molar-refractivity contribution is -0.151. The van der Waals surface area contributed by atoms with Crippen LogP contribution in [0.5, 0.6) is 5.75 Å². The molecule has 0 aromatic heterocycles. The fourth-order valence-corrected chi connectivity index (χ4v) is 4.32. The second kappa shape index (κ2) is 5.59. The maximum atomic E-state index is 13.1. The number of carbonyl (C=O) groups is 2. The van der Waals surface area contributed by atoms with E-state index in [1.165, 1.54) is 7.11 Å². The van der Waals surface area contributed by atoms with Crippen molar-refractivity contribution in [3.8, 4) is 5.75 Å². The summed E-state index contributed by atoms with van der Waals surface area (Å²) >= 11 is 0. The Kier molecular flexibility index (Phi) is 3.61. The van der Waals surface area contributed by atoms with E-state index in [-0.39, 0.29) is 24.0 Å². The van der Waals surface area contributed by atoms with Crippen LogP contribution in [0.4, 0.5) is 0 Å². The molecule has 0 aliphatic carbocycles. The van der Waals surface area contributed by atoms with Crippen molar-refractivity contribution in [3.05, 3.63) is 42.0 Å². The molecule has 3 aliphatic heterocycles. The Morgan fingerprint density at radius 1 is 1.32 bits per heavy atom. The molecule has 3 heterocycles. The minimum atomic E-state index is -0.707.